The molecule has 37 heavy (non-hydrogen) atoms. The number of halogens is 2. The van der Waals surface area contributed by atoms with Crippen LogP contribution in [-0.4, -0.2) is 41.3 Å². The van der Waals surface area contributed by atoms with Crippen LogP contribution in [0.25, 0.3) is 5.69 Å². The summed E-state index contributed by atoms with van der Waals surface area (Å²) in [5, 5.41) is 4.62. The molecule has 0 fully saturated rings. The van der Waals surface area contributed by atoms with E-state index in [4.69, 9.17) is 0 Å². The van der Waals surface area contributed by atoms with Crippen LogP contribution in [0.2, 0.25) is 0 Å². The predicted octanol–water partition coefficient (Wildman–Crippen LogP) is 5.80. The maximum absolute atomic E-state index is 14.2. The molecule has 0 radical (unpaired) electrons. The lowest BCUT2D eigenvalue weighted by Crippen LogP contribution is -2.39. The number of fused-ring (bicyclic) bond motifs is 1. The molecule has 0 bridgehead atoms. The highest BCUT2D eigenvalue weighted by molar-refractivity contribution is 7.89. The Morgan fingerprint density at radius 2 is 1.86 bits per heavy atom. The van der Waals surface area contributed by atoms with Gasteiger partial charge in [-0.2, -0.15) is 5.10 Å². The Hall–Kier alpha value is -2.84. The third-order valence-electron chi connectivity index (χ3n) is 7.80. The highest BCUT2D eigenvalue weighted by Crippen LogP contribution is 2.47. The second kappa shape index (κ2) is 10.5. The fourth-order valence-electron chi connectivity index (χ4n) is 6.00. The first-order valence-electron chi connectivity index (χ1n) is 13.0. The average molecular weight is 526 g/mol. The first-order chi connectivity index (χ1) is 17.8. The molecule has 1 aromatic heterocycles. The zero-order chi connectivity index (χ0) is 26.2. The highest BCUT2D eigenvalue weighted by atomic mass is 32.2. The molecule has 0 spiro atoms. The lowest BCUT2D eigenvalue weighted by Gasteiger charge is -2.31. The Bertz CT molecular complexity index is 1410. The summed E-state index contributed by atoms with van der Waals surface area (Å²) in [6.45, 7) is 4.73. The molecule has 0 N–H and O–H groups in total. The number of hydrogen-bond donors (Lipinski definition) is 0. The Morgan fingerprint density at radius 3 is 2.59 bits per heavy atom. The average Bonchev–Trinajstić information content (AvgIpc) is 3.48. The summed E-state index contributed by atoms with van der Waals surface area (Å²) in [7, 11) is -3.45. The van der Waals surface area contributed by atoms with Crippen LogP contribution in [0.5, 0.6) is 0 Å². The van der Waals surface area contributed by atoms with Gasteiger partial charge in [-0.05, 0) is 67.5 Å². The van der Waals surface area contributed by atoms with Gasteiger partial charge in [-0.3, -0.25) is 0 Å². The molecule has 0 saturated heterocycles. The summed E-state index contributed by atoms with van der Waals surface area (Å²) >= 11 is 0. The Kier molecular flexibility index (Phi) is 7.32. The minimum Gasteiger partial charge on any atom is -0.237 e. The summed E-state index contributed by atoms with van der Waals surface area (Å²) in [5.41, 5.74) is 6.32. The number of nitrogens with zero attached hydrogens (tertiary/aromatic N) is 3. The first kappa shape index (κ1) is 25.8. The van der Waals surface area contributed by atoms with Crippen molar-refractivity contribution in [3.8, 4) is 5.69 Å². The Morgan fingerprint density at radius 1 is 1.11 bits per heavy atom. The summed E-state index contributed by atoms with van der Waals surface area (Å²) in [4.78, 5) is 0. The van der Waals surface area contributed by atoms with Crippen LogP contribution in [0, 0.1) is 17.6 Å². The maximum atomic E-state index is 14.2. The van der Waals surface area contributed by atoms with Crippen molar-refractivity contribution in [1.82, 2.24) is 14.1 Å². The van der Waals surface area contributed by atoms with Crippen molar-refractivity contribution >= 4 is 10.0 Å². The van der Waals surface area contributed by atoms with Crippen molar-refractivity contribution in [2.45, 2.75) is 51.9 Å². The van der Waals surface area contributed by atoms with E-state index in [9.17, 15) is 17.2 Å². The molecule has 5 rings (SSSR count). The molecular formula is C29H33F2N3O2S. The molecule has 2 aliphatic carbocycles. The minimum atomic E-state index is -3.45. The van der Waals surface area contributed by atoms with Gasteiger partial charge in [-0.25, -0.2) is 26.2 Å². The van der Waals surface area contributed by atoms with Gasteiger partial charge in [0.1, 0.15) is 11.6 Å². The molecule has 0 amide bonds. The van der Waals surface area contributed by atoms with E-state index < -0.39 is 10.0 Å². The van der Waals surface area contributed by atoms with Gasteiger partial charge in [0.05, 0.1) is 23.3 Å². The van der Waals surface area contributed by atoms with E-state index in [2.05, 4.69) is 12.0 Å². The zero-order valence-electron chi connectivity index (χ0n) is 21.3. The van der Waals surface area contributed by atoms with Crippen molar-refractivity contribution in [1.29, 1.82) is 0 Å². The zero-order valence-corrected chi connectivity index (χ0v) is 22.1. The van der Waals surface area contributed by atoms with Gasteiger partial charge in [0.15, 0.2) is 0 Å². The van der Waals surface area contributed by atoms with Crippen molar-refractivity contribution in [2.75, 3.05) is 18.8 Å². The standard InChI is InChI=1S/C29H33F2N3O2S/c1-3-16-37(35,36)33(15-14-21-6-4-5-7-27(21)31)19-23-9-8-22-17-28-26(20(2)29(22)23)18-32-34(28)25-12-10-24(30)11-13-25/h4-7,10-13,18,20,23H,3,8-9,14-17,19H2,1-2H3/t20-,23+/m0/s1. The fraction of sp³-hybridized carbons (Fsp3) is 0.414. The maximum Gasteiger partial charge on any atom is 0.214 e. The van der Waals surface area contributed by atoms with E-state index in [-0.39, 0.29) is 35.8 Å². The molecular weight excluding hydrogens is 492 g/mol. The summed E-state index contributed by atoms with van der Waals surface area (Å²) in [6, 6.07) is 12.9. The molecule has 0 unspecified atom stereocenters. The summed E-state index contributed by atoms with van der Waals surface area (Å²) in [5.74, 6) is -0.234. The van der Waals surface area contributed by atoms with Crippen LogP contribution in [0.1, 0.15) is 55.8 Å². The van der Waals surface area contributed by atoms with Crippen LogP contribution < -0.4 is 0 Å². The Labute approximate surface area is 217 Å². The number of hydrogen-bond acceptors (Lipinski definition) is 3. The third kappa shape index (κ3) is 5.14. The van der Waals surface area contributed by atoms with Gasteiger partial charge in [0.2, 0.25) is 10.0 Å². The summed E-state index contributed by atoms with van der Waals surface area (Å²) in [6.07, 6.45) is 5.37. The minimum absolute atomic E-state index is 0.0903. The fourth-order valence-corrected chi connectivity index (χ4v) is 7.55. The van der Waals surface area contributed by atoms with Gasteiger partial charge in [0.25, 0.3) is 0 Å². The first-order valence-corrected chi connectivity index (χ1v) is 14.6. The predicted molar refractivity (Wildman–Crippen MR) is 141 cm³/mol. The Balaban J connectivity index is 1.39. The number of benzene rings is 2. The molecule has 196 valence electrons. The molecule has 3 aromatic rings. The van der Waals surface area contributed by atoms with E-state index in [1.165, 1.54) is 29.3 Å². The molecule has 5 nitrogen and oxygen atoms in total. The molecule has 1 heterocycles. The number of aromatic nitrogens is 2. The van der Waals surface area contributed by atoms with E-state index in [0.717, 1.165) is 36.2 Å². The van der Waals surface area contributed by atoms with E-state index in [1.54, 1.807) is 34.6 Å². The van der Waals surface area contributed by atoms with Crippen molar-refractivity contribution in [2.24, 2.45) is 5.92 Å². The molecule has 2 aromatic carbocycles. The second-order valence-electron chi connectivity index (χ2n) is 10.1. The number of rotatable bonds is 9. The van der Waals surface area contributed by atoms with Gasteiger partial charge >= 0.3 is 0 Å². The van der Waals surface area contributed by atoms with E-state index >= 15 is 0 Å². The van der Waals surface area contributed by atoms with Crippen molar-refractivity contribution < 1.29 is 17.2 Å². The molecule has 2 aliphatic rings. The topological polar surface area (TPSA) is 55.2 Å². The van der Waals surface area contributed by atoms with Gasteiger partial charge in [0, 0.05) is 31.0 Å². The van der Waals surface area contributed by atoms with Crippen LogP contribution in [-0.2, 0) is 22.9 Å². The molecule has 0 aliphatic heterocycles. The number of allylic oxidation sites excluding steroid dienone is 1. The largest absolute Gasteiger partial charge is 0.237 e. The summed E-state index contributed by atoms with van der Waals surface area (Å²) < 4.78 is 57.6. The van der Waals surface area contributed by atoms with Crippen LogP contribution in [0.15, 0.2) is 65.9 Å². The second-order valence-corrected chi connectivity index (χ2v) is 12.2. The number of sulfonamides is 1. The van der Waals surface area contributed by atoms with Crippen LogP contribution in [0.4, 0.5) is 8.78 Å². The third-order valence-corrected chi connectivity index (χ3v) is 9.84. The molecule has 2 atom stereocenters. The quantitative estimate of drug-likeness (QED) is 0.332. The van der Waals surface area contributed by atoms with Crippen molar-refractivity contribution in [3.63, 3.8) is 0 Å². The SMILES string of the molecule is CCCS(=O)(=O)N(CCc1ccccc1F)C[C@H]1CCC2=C1[C@@H](C)c1cnn(-c3ccc(F)cc3)c1C2. The monoisotopic (exact) mass is 525 g/mol. The molecule has 0 saturated carbocycles. The van der Waals surface area contributed by atoms with E-state index in [1.807, 2.05) is 17.8 Å². The smallest absolute Gasteiger partial charge is 0.214 e. The van der Waals surface area contributed by atoms with Gasteiger partial charge in [-0.15, -0.1) is 0 Å². The highest BCUT2D eigenvalue weighted by Gasteiger charge is 2.38. The van der Waals surface area contributed by atoms with Crippen molar-refractivity contribution in [3.05, 3.63) is 94.3 Å². The molecule has 8 heteroatoms. The van der Waals surface area contributed by atoms with Gasteiger partial charge in [-0.1, -0.05) is 43.2 Å². The van der Waals surface area contributed by atoms with Crippen LogP contribution >= 0.6 is 0 Å². The van der Waals surface area contributed by atoms with E-state index in [0.29, 0.717) is 24.9 Å². The lowest BCUT2D eigenvalue weighted by atomic mass is 9.80. The van der Waals surface area contributed by atoms with Crippen LogP contribution in [0.3, 0.4) is 0 Å². The normalized spacial score (nSPS) is 19.4. The lowest BCUT2D eigenvalue weighted by molar-refractivity contribution is 0.358. The van der Waals surface area contributed by atoms with Gasteiger partial charge < -0.3 is 0 Å².